The van der Waals surface area contributed by atoms with E-state index in [1.165, 1.54) is 6.92 Å². The molecule has 0 saturated carbocycles. The van der Waals surface area contributed by atoms with Crippen LogP contribution in [0.15, 0.2) is 60.7 Å². The zero-order chi connectivity index (χ0) is 19.7. The van der Waals surface area contributed by atoms with Crippen molar-refractivity contribution in [2.45, 2.75) is 6.92 Å². The van der Waals surface area contributed by atoms with E-state index < -0.39 is 13.8 Å². The number of benzene rings is 2. The molecule has 10 heteroatoms. The molecule has 0 saturated heterocycles. The first-order chi connectivity index (χ1) is 13.4. The molecule has 2 heterocycles. The number of para-hydroxylation sites is 4. The molecule has 0 aliphatic heterocycles. The van der Waals surface area contributed by atoms with Gasteiger partial charge in [-0.05, 0) is 31.2 Å². The van der Waals surface area contributed by atoms with E-state index in [9.17, 15) is 9.36 Å². The Morgan fingerprint density at radius 1 is 0.929 bits per heavy atom. The number of carbonyl (C=O) groups excluding carboxylic acids is 1. The van der Waals surface area contributed by atoms with Crippen LogP contribution in [-0.4, -0.2) is 25.9 Å². The van der Waals surface area contributed by atoms with Crippen molar-refractivity contribution in [2.24, 2.45) is 0 Å². The molecule has 0 aliphatic rings. The second-order valence-corrected chi connectivity index (χ2v) is 7.35. The fourth-order valence-electron chi connectivity index (χ4n) is 2.39. The minimum atomic E-state index is -4.48. The minimum Gasteiger partial charge on any atom is -0.351 e. The number of imidazole rings is 2. The SMILES string of the molecule is C=C(C)C(=O)OP(=O)(Oc1nc2ccccc2[nH]1)Oc1nc2ccccc2[nH]1. The lowest BCUT2D eigenvalue weighted by atomic mass is 10.3. The number of carbonyl (C=O) groups is 1. The molecule has 0 radical (unpaired) electrons. The van der Waals surface area contributed by atoms with Crippen LogP contribution >= 0.6 is 7.82 Å². The van der Waals surface area contributed by atoms with Crippen LogP contribution in [0, 0.1) is 0 Å². The largest absolute Gasteiger partial charge is 0.654 e. The lowest BCUT2D eigenvalue weighted by molar-refractivity contribution is -0.131. The van der Waals surface area contributed by atoms with Gasteiger partial charge in [0.2, 0.25) is 0 Å². The van der Waals surface area contributed by atoms with Crippen molar-refractivity contribution in [3.05, 3.63) is 60.7 Å². The van der Waals surface area contributed by atoms with Crippen LogP contribution < -0.4 is 9.05 Å². The summed E-state index contributed by atoms with van der Waals surface area (Å²) in [5.41, 5.74) is 2.50. The number of fused-ring (bicyclic) bond motifs is 2. The Morgan fingerprint density at radius 2 is 1.39 bits per heavy atom. The molecule has 4 rings (SSSR count). The number of H-pyrrole nitrogens is 2. The highest BCUT2D eigenvalue weighted by molar-refractivity contribution is 7.50. The number of nitrogens with one attached hydrogen (secondary N) is 2. The Labute approximate surface area is 159 Å². The van der Waals surface area contributed by atoms with E-state index >= 15 is 0 Å². The van der Waals surface area contributed by atoms with Gasteiger partial charge in [-0.2, -0.15) is 14.5 Å². The second kappa shape index (κ2) is 6.86. The predicted octanol–water partition coefficient (Wildman–Crippen LogP) is 4.12. The van der Waals surface area contributed by atoms with Crippen molar-refractivity contribution >= 4 is 35.9 Å². The highest BCUT2D eigenvalue weighted by atomic mass is 31.2. The Kier molecular flexibility index (Phi) is 4.37. The number of phosphoric ester groups is 1. The Bertz CT molecular complexity index is 1100. The van der Waals surface area contributed by atoms with Gasteiger partial charge in [0.15, 0.2) is 0 Å². The highest BCUT2D eigenvalue weighted by Gasteiger charge is 2.38. The molecule has 0 aliphatic carbocycles. The van der Waals surface area contributed by atoms with E-state index in [0.29, 0.717) is 22.1 Å². The van der Waals surface area contributed by atoms with E-state index in [4.69, 9.17) is 13.6 Å². The molecule has 4 aromatic rings. The van der Waals surface area contributed by atoms with E-state index in [0.717, 1.165) is 0 Å². The van der Waals surface area contributed by atoms with Crippen molar-refractivity contribution in [1.82, 2.24) is 19.9 Å². The van der Waals surface area contributed by atoms with Gasteiger partial charge < -0.3 is 23.5 Å². The van der Waals surface area contributed by atoms with Gasteiger partial charge in [0.05, 0.1) is 22.1 Å². The average molecular weight is 398 g/mol. The highest BCUT2D eigenvalue weighted by Crippen LogP contribution is 2.49. The van der Waals surface area contributed by atoms with Crippen LogP contribution in [0.4, 0.5) is 0 Å². The Balaban J connectivity index is 1.67. The summed E-state index contributed by atoms with van der Waals surface area (Å²) in [4.78, 5) is 26.0. The van der Waals surface area contributed by atoms with Crippen molar-refractivity contribution in [1.29, 1.82) is 0 Å². The van der Waals surface area contributed by atoms with Gasteiger partial charge in [-0.15, -0.1) is 0 Å². The molecule has 9 nitrogen and oxygen atoms in total. The van der Waals surface area contributed by atoms with Gasteiger partial charge in [0.1, 0.15) is 0 Å². The zero-order valence-electron chi connectivity index (χ0n) is 14.7. The first kappa shape index (κ1) is 17.8. The molecule has 2 aromatic carbocycles. The number of hydrogen-bond acceptors (Lipinski definition) is 7. The van der Waals surface area contributed by atoms with Crippen LogP contribution in [-0.2, 0) is 13.9 Å². The van der Waals surface area contributed by atoms with E-state index in [-0.39, 0.29) is 17.6 Å². The van der Waals surface area contributed by atoms with Gasteiger partial charge in [-0.25, -0.2) is 4.79 Å². The first-order valence-corrected chi connectivity index (χ1v) is 9.66. The summed E-state index contributed by atoms with van der Waals surface area (Å²) in [6, 6.07) is 13.9. The van der Waals surface area contributed by atoms with Crippen molar-refractivity contribution in [3.8, 4) is 12.0 Å². The molecule has 0 atom stereocenters. The van der Waals surface area contributed by atoms with Crippen LogP contribution in [0.5, 0.6) is 12.0 Å². The summed E-state index contributed by atoms with van der Waals surface area (Å²) in [7, 11) is -4.48. The number of rotatable bonds is 6. The van der Waals surface area contributed by atoms with E-state index in [1.807, 2.05) is 0 Å². The number of aromatic nitrogens is 4. The summed E-state index contributed by atoms with van der Waals surface area (Å²) in [5, 5.41) is 0. The number of aromatic amines is 2. The summed E-state index contributed by atoms with van der Waals surface area (Å²) in [5.74, 6) is -0.935. The fraction of sp³-hybridized carbons (Fsp3) is 0.0556. The van der Waals surface area contributed by atoms with Crippen LogP contribution in [0.2, 0.25) is 0 Å². The Hall–Kier alpha value is -3.58. The lowest BCUT2D eigenvalue weighted by Gasteiger charge is -2.15. The zero-order valence-corrected chi connectivity index (χ0v) is 15.6. The summed E-state index contributed by atoms with van der Waals surface area (Å²) < 4.78 is 28.8. The molecule has 28 heavy (non-hydrogen) atoms. The molecule has 0 amide bonds. The van der Waals surface area contributed by atoms with Crippen LogP contribution in [0.3, 0.4) is 0 Å². The first-order valence-electron chi connectivity index (χ1n) is 8.20. The molecule has 0 bridgehead atoms. The maximum atomic E-state index is 13.2. The summed E-state index contributed by atoms with van der Waals surface area (Å²) in [6.07, 6.45) is 0. The third kappa shape index (κ3) is 3.60. The summed E-state index contributed by atoms with van der Waals surface area (Å²) in [6.45, 7) is 4.88. The molecular weight excluding hydrogens is 383 g/mol. The van der Waals surface area contributed by atoms with Crippen LogP contribution in [0.1, 0.15) is 6.92 Å². The number of phosphoric acid groups is 1. The number of nitrogens with zero attached hydrogens (tertiary/aromatic N) is 2. The molecule has 0 unspecified atom stereocenters. The molecule has 2 aromatic heterocycles. The van der Waals surface area contributed by atoms with Gasteiger partial charge in [0, 0.05) is 5.57 Å². The smallest absolute Gasteiger partial charge is 0.351 e. The molecular formula is C18H15N4O5P. The topological polar surface area (TPSA) is 119 Å². The minimum absolute atomic E-state index is 0.0293. The fourth-order valence-corrected chi connectivity index (χ4v) is 3.46. The quantitative estimate of drug-likeness (QED) is 0.370. The standard InChI is InChI=1S/C18H15N4O5P/c1-11(2)16(23)25-28(24,26-17-19-12-7-3-4-8-13(12)20-17)27-18-21-14-9-5-6-10-15(14)22-18/h3-10H,1H2,2H3,(H,19,20)(H,21,22). The van der Waals surface area contributed by atoms with Gasteiger partial charge >= 0.3 is 25.8 Å². The molecule has 142 valence electrons. The Morgan fingerprint density at radius 3 is 1.82 bits per heavy atom. The van der Waals surface area contributed by atoms with Gasteiger partial charge in [-0.3, -0.25) is 0 Å². The predicted molar refractivity (Wildman–Crippen MR) is 102 cm³/mol. The van der Waals surface area contributed by atoms with E-state index in [2.05, 4.69) is 26.5 Å². The van der Waals surface area contributed by atoms with Gasteiger partial charge in [0.25, 0.3) is 0 Å². The van der Waals surface area contributed by atoms with Crippen molar-refractivity contribution in [3.63, 3.8) is 0 Å². The maximum Gasteiger partial charge on any atom is 0.654 e. The molecule has 2 N–H and O–H groups in total. The normalized spacial score (nSPS) is 11.5. The third-order valence-corrected chi connectivity index (χ3v) is 4.86. The lowest BCUT2D eigenvalue weighted by Crippen LogP contribution is -2.12. The van der Waals surface area contributed by atoms with Crippen molar-refractivity contribution in [2.75, 3.05) is 0 Å². The third-order valence-electron chi connectivity index (χ3n) is 3.68. The van der Waals surface area contributed by atoms with Crippen LogP contribution in [0.25, 0.3) is 22.1 Å². The van der Waals surface area contributed by atoms with Gasteiger partial charge in [-0.1, -0.05) is 30.8 Å². The molecule has 0 fully saturated rings. The van der Waals surface area contributed by atoms with Crippen molar-refractivity contribution < 1.29 is 22.9 Å². The number of hydrogen-bond donors (Lipinski definition) is 2. The molecule has 0 spiro atoms. The van der Waals surface area contributed by atoms with E-state index in [1.54, 1.807) is 48.5 Å². The summed E-state index contributed by atoms with van der Waals surface area (Å²) >= 11 is 0. The second-order valence-electron chi connectivity index (χ2n) is 5.91. The monoisotopic (exact) mass is 398 g/mol. The average Bonchev–Trinajstić information content (AvgIpc) is 3.23. The maximum absolute atomic E-state index is 13.2.